The summed E-state index contributed by atoms with van der Waals surface area (Å²) < 4.78 is 14.3. The number of nitrogens with two attached hydrogens (primary N) is 1. The third-order valence-electron chi connectivity index (χ3n) is 2.46. The Balaban J connectivity index is 2.07. The Kier molecular flexibility index (Phi) is 2.26. The summed E-state index contributed by atoms with van der Waals surface area (Å²) in [6.07, 6.45) is 1.53. The molecule has 0 fully saturated rings. The molecule has 0 aliphatic rings. The highest BCUT2D eigenvalue weighted by atomic mass is 19.1. The lowest BCUT2D eigenvalue weighted by molar-refractivity contribution is 0.627. The summed E-state index contributed by atoms with van der Waals surface area (Å²) >= 11 is 0. The summed E-state index contributed by atoms with van der Waals surface area (Å²) in [6, 6.07) is 5.84. The molecule has 3 N–H and O–H groups in total. The molecule has 7 nitrogen and oxygen atoms in total. The van der Waals surface area contributed by atoms with E-state index in [1.165, 1.54) is 23.0 Å². The van der Waals surface area contributed by atoms with E-state index in [0.29, 0.717) is 22.9 Å². The summed E-state index contributed by atoms with van der Waals surface area (Å²) in [7, 11) is 0. The Morgan fingerprint density at radius 2 is 2.00 bits per heavy atom. The van der Waals surface area contributed by atoms with E-state index in [4.69, 9.17) is 5.73 Å². The van der Waals surface area contributed by atoms with Gasteiger partial charge in [-0.05, 0) is 29.5 Å². The number of halogens is 1. The van der Waals surface area contributed by atoms with Crippen LogP contribution in [0.15, 0.2) is 30.5 Å². The van der Waals surface area contributed by atoms with Gasteiger partial charge in [0.2, 0.25) is 5.82 Å². The standard InChI is InChI=1S/C10H8FN7/c11-6-1-3-7(4-2-6)18-9(12)8(5-13-18)10-14-16-17-15-10/h1-5H,12H2,(H,14,15,16,17). The highest BCUT2D eigenvalue weighted by Crippen LogP contribution is 2.23. The van der Waals surface area contributed by atoms with E-state index in [0.717, 1.165) is 0 Å². The molecule has 0 unspecified atom stereocenters. The molecule has 0 spiro atoms. The molecule has 0 radical (unpaired) electrons. The zero-order valence-electron chi connectivity index (χ0n) is 9.08. The lowest BCUT2D eigenvalue weighted by atomic mass is 10.3. The van der Waals surface area contributed by atoms with Gasteiger partial charge in [0.15, 0.2) is 0 Å². The normalized spacial score (nSPS) is 10.7. The van der Waals surface area contributed by atoms with E-state index in [-0.39, 0.29) is 5.82 Å². The maximum Gasteiger partial charge on any atom is 0.209 e. The van der Waals surface area contributed by atoms with Crippen molar-refractivity contribution in [1.29, 1.82) is 0 Å². The SMILES string of the molecule is Nc1c(-c2nn[nH]n2)cnn1-c1ccc(F)cc1. The molecule has 0 aliphatic carbocycles. The predicted molar refractivity (Wildman–Crippen MR) is 61.1 cm³/mol. The first-order valence-electron chi connectivity index (χ1n) is 5.09. The number of hydrogen-bond donors (Lipinski definition) is 2. The number of nitrogens with zero attached hydrogens (tertiary/aromatic N) is 5. The smallest absolute Gasteiger partial charge is 0.209 e. The molecule has 0 aliphatic heterocycles. The highest BCUT2D eigenvalue weighted by Gasteiger charge is 2.14. The number of H-pyrrole nitrogens is 1. The average molecular weight is 245 g/mol. The van der Waals surface area contributed by atoms with Crippen LogP contribution in [0.2, 0.25) is 0 Å². The number of nitrogen functional groups attached to an aromatic ring is 1. The first kappa shape index (κ1) is 10.4. The van der Waals surface area contributed by atoms with Crippen LogP contribution in [-0.2, 0) is 0 Å². The summed E-state index contributed by atoms with van der Waals surface area (Å²) in [5, 5.41) is 17.6. The van der Waals surface area contributed by atoms with E-state index in [1.807, 2.05) is 0 Å². The topological polar surface area (TPSA) is 98.3 Å². The quantitative estimate of drug-likeness (QED) is 0.695. The minimum Gasteiger partial charge on any atom is -0.383 e. The molecule has 2 aromatic heterocycles. The van der Waals surface area contributed by atoms with E-state index in [2.05, 4.69) is 25.7 Å². The van der Waals surface area contributed by atoms with Crippen LogP contribution in [0.25, 0.3) is 17.1 Å². The molecule has 0 atom stereocenters. The molecule has 0 amide bonds. The molecule has 3 aromatic rings. The number of aromatic amines is 1. The number of hydrogen-bond acceptors (Lipinski definition) is 5. The first-order valence-corrected chi connectivity index (χ1v) is 5.09. The molecule has 18 heavy (non-hydrogen) atoms. The minimum absolute atomic E-state index is 0.317. The van der Waals surface area contributed by atoms with Gasteiger partial charge in [0.25, 0.3) is 0 Å². The van der Waals surface area contributed by atoms with Crippen LogP contribution >= 0.6 is 0 Å². The van der Waals surface area contributed by atoms with Crippen molar-refractivity contribution >= 4 is 5.82 Å². The molecule has 2 heterocycles. The van der Waals surface area contributed by atoms with Crippen LogP contribution in [0.4, 0.5) is 10.2 Å². The molecular formula is C10H8FN7. The number of anilines is 1. The summed E-state index contributed by atoms with van der Waals surface area (Å²) in [6.45, 7) is 0. The highest BCUT2D eigenvalue weighted by molar-refractivity contribution is 5.68. The maximum atomic E-state index is 12.8. The fourth-order valence-electron chi connectivity index (χ4n) is 1.59. The minimum atomic E-state index is -0.317. The maximum absolute atomic E-state index is 12.8. The van der Waals surface area contributed by atoms with Crippen LogP contribution in [0.5, 0.6) is 0 Å². The molecule has 3 rings (SSSR count). The van der Waals surface area contributed by atoms with Gasteiger partial charge < -0.3 is 5.73 Å². The monoisotopic (exact) mass is 245 g/mol. The fourth-order valence-corrected chi connectivity index (χ4v) is 1.59. The number of aromatic nitrogens is 6. The second kappa shape index (κ2) is 3.91. The van der Waals surface area contributed by atoms with E-state index >= 15 is 0 Å². The summed E-state index contributed by atoms with van der Waals surface area (Å²) in [5.74, 6) is 0.409. The molecule has 8 heteroatoms. The molecule has 1 aromatic carbocycles. The van der Waals surface area contributed by atoms with Gasteiger partial charge in [-0.25, -0.2) is 9.07 Å². The van der Waals surface area contributed by atoms with E-state index < -0.39 is 0 Å². The first-order chi connectivity index (χ1) is 8.75. The Bertz CT molecular complexity index is 656. The van der Waals surface area contributed by atoms with Crippen molar-refractivity contribution in [2.45, 2.75) is 0 Å². The lowest BCUT2D eigenvalue weighted by Crippen LogP contribution is -2.02. The second-order valence-corrected chi connectivity index (χ2v) is 3.57. The van der Waals surface area contributed by atoms with Gasteiger partial charge in [-0.15, -0.1) is 10.2 Å². The van der Waals surface area contributed by atoms with Crippen molar-refractivity contribution in [3.8, 4) is 17.1 Å². The average Bonchev–Trinajstić information content (AvgIpc) is 2.99. The number of benzene rings is 1. The second-order valence-electron chi connectivity index (χ2n) is 3.57. The molecule has 0 bridgehead atoms. The number of nitrogens with one attached hydrogen (secondary N) is 1. The van der Waals surface area contributed by atoms with Gasteiger partial charge in [0, 0.05) is 0 Å². The van der Waals surface area contributed by atoms with Gasteiger partial charge >= 0.3 is 0 Å². The van der Waals surface area contributed by atoms with E-state index in [1.54, 1.807) is 12.1 Å². The zero-order chi connectivity index (χ0) is 12.5. The molecule has 90 valence electrons. The van der Waals surface area contributed by atoms with E-state index in [9.17, 15) is 4.39 Å². The fraction of sp³-hybridized carbons (Fsp3) is 0. The summed E-state index contributed by atoms with van der Waals surface area (Å²) in [5.41, 5.74) is 7.17. The number of tetrazole rings is 1. The van der Waals surface area contributed by atoms with Gasteiger partial charge in [0.05, 0.1) is 17.4 Å². The third kappa shape index (κ3) is 1.59. The van der Waals surface area contributed by atoms with Crippen LogP contribution in [0.3, 0.4) is 0 Å². The van der Waals surface area contributed by atoms with Crippen LogP contribution in [-0.4, -0.2) is 30.4 Å². The summed E-state index contributed by atoms with van der Waals surface area (Å²) in [4.78, 5) is 0. The van der Waals surface area contributed by atoms with Gasteiger partial charge in [-0.1, -0.05) is 0 Å². The largest absolute Gasteiger partial charge is 0.383 e. The van der Waals surface area contributed by atoms with Crippen LogP contribution < -0.4 is 5.73 Å². The van der Waals surface area contributed by atoms with Crippen LogP contribution in [0, 0.1) is 5.82 Å². The number of rotatable bonds is 2. The Hall–Kier alpha value is -2.77. The molecule has 0 saturated carbocycles. The Labute approximate surface area is 100 Å². The molecular weight excluding hydrogens is 237 g/mol. The zero-order valence-corrected chi connectivity index (χ0v) is 9.08. The van der Waals surface area contributed by atoms with Gasteiger partial charge in [0.1, 0.15) is 11.6 Å². The van der Waals surface area contributed by atoms with Crippen molar-refractivity contribution in [2.75, 3.05) is 5.73 Å². The molecule has 0 saturated heterocycles. The van der Waals surface area contributed by atoms with Gasteiger partial charge in [-0.3, -0.25) is 0 Å². The Morgan fingerprint density at radius 1 is 1.22 bits per heavy atom. The van der Waals surface area contributed by atoms with Crippen molar-refractivity contribution < 1.29 is 4.39 Å². The van der Waals surface area contributed by atoms with Crippen molar-refractivity contribution in [2.24, 2.45) is 0 Å². The van der Waals surface area contributed by atoms with Crippen molar-refractivity contribution in [3.05, 3.63) is 36.3 Å². The predicted octanol–water partition coefficient (Wildman–Crippen LogP) is 0.774. The lowest BCUT2D eigenvalue weighted by Gasteiger charge is -2.03. The van der Waals surface area contributed by atoms with Crippen molar-refractivity contribution in [3.63, 3.8) is 0 Å². The van der Waals surface area contributed by atoms with Crippen LogP contribution in [0.1, 0.15) is 0 Å². The van der Waals surface area contributed by atoms with Crippen molar-refractivity contribution in [1.82, 2.24) is 30.4 Å². The third-order valence-corrected chi connectivity index (χ3v) is 2.46. The Morgan fingerprint density at radius 3 is 2.67 bits per heavy atom. The van der Waals surface area contributed by atoms with Gasteiger partial charge in [-0.2, -0.15) is 10.3 Å².